The van der Waals surface area contributed by atoms with Crippen molar-refractivity contribution >= 4 is 34.5 Å². The number of aromatic nitrogens is 1. The first-order chi connectivity index (χ1) is 15.1. The zero-order chi connectivity index (χ0) is 21.5. The van der Waals surface area contributed by atoms with Gasteiger partial charge in [-0.15, -0.1) is 11.8 Å². The lowest BCUT2D eigenvalue weighted by molar-refractivity contribution is 0.0641. The van der Waals surface area contributed by atoms with Crippen molar-refractivity contribution in [2.24, 2.45) is 0 Å². The predicted octanol–water partition coefficient (Wildman–Crippen LogP) is 5.56. The summed E-state index contributed by atoms with van der Waals surface area (Å²) in [5.74, 6) is -1.04. The molecule has 0 radical (unpaired) electrons. The Bertz CT molecular complexity index is 1330. The average Bonchev–Trinajstić information content (AvgIpc) is 3.04. The van der Waals surface area contributed by atoms with E-state index in [4.69, 9.17) is 0 Å². The molecule has 0 saturated carbocycles. The summed E-state index contributed by atoms with van der Waals surface area (Å²) in [6, 6.07) is 21.1. The molecule has 0 fully saturated rings. The third-order valence-electron chi connectivity index (χ3n) is 5.47. The van der Waals surface area contributed by atoms with E-state index in [-0.39, 0.29) is 24.2 Å². The molecular formula is C25H17FN2O2S. The van der Waals surface area contributed by atoms with Gasteiger partial charge in [0.05, 0.1) is 28.9 Å². The molecule has 5 rings (SSSR count). The van der Waals surface area contributed by atoms with Crippen LogP contribution >= 0.6 is 11.8 Å². The van der Waals surface area contributed by atoms with Crippen LogP contribution in [0, 0.1) is 5.82 Å². The molecule has 6 heteroatoms. The molecule has 0 spiro atoms. The van der Waals surface area contributed by atoms with Crippen molar-refractivity contribution in [2.45, 2.75) is 11.4 Å². The molecule has 152 valence electrons. The fraction of sp³-hybridized carbons (Fsp3) is 0.0800. The maximum Gasteiger partial charge on any atom is 0.261 e. The molecular weight excluding hydrogens is 411 g/mol. The first kappa shape index (κ1) is 19.5. The molecule has 2 amide bonds. The Morgan fingerprint density at radius 3 is 2.16 bits per heavy atom. The third kappa shape index (κ3) is 3.20. The lowest BCUT2D eigenvalue weighted by Gasteiger charge is -2.18. The van der Waals surface area contributed by atoms with E-state index in [2.05, 4.69) is 4.98 Å². The molecule has 0 bridgehead atoms. The van der Waals surface area contributed by atoms with Crippen LogP contribution in [0.5, 0.6) is 0 Å². The molecule has 2 heterocycles. The zero-order valence-corrected chi connectivity index (χ0v) is 17.4. The number of rotatable bonds is 4. The van der Waals surface area contributed by atoms with E-state index in [1.807, 2.05) is 30.5 Å². The highest BCUT2D eigenvalue weighted by Crippen LogP contribution is 2.35. The van der Waals surface area contributed by atoms with Gasteiger partial charge in [-0.25, -0.2) is 4.39 Å². The number of carbonyl (C=O) groups is 2. The van der Waals surface area contributed by atoms with Crippen LogP contribution in [0.15, 0.2) is 77.7 Å². The Labute approximate surface area is 182 Å². The Morgan fingerprint density at radius 2 is 1.48 bits per heavy atom. The van der Waals surface area contributed by atoms with Crippen molar-refractivity contribution in [3.8, 4) is 11.1 Å². The number of carbonyl (C=O) groups excluding carboxylic acids is 2. The standard InChI is InChI=1S/C25H17FN2O2S/c1-31-23-12-5-4-7-15(23)18-13-19-20(26)10-6-11-21(19)27-22(18)14-28-24(29)16-8-2-3-9-17(16)25(28)30/h2-13H,14H2,1H3. The normalized spacial score (nSPS) is 13.2. The van der Waals surface area contributed by atoms with Gasteiger partial charge in [-0.05, 0) is 48.2 Å². The van der Waals surface area contributed by atoms with Gasteiger partial charge in [-0.2, -0.15) is 0 Å². The molecule has 1 aliphatic heterocycles. The fourth-order valence-corrected chi connectivity index (χ4v) is 4.57. The van der Waals surface area contributed by atoms with Gasteiger partial charge >= 0.3 is 0 Å². The van der Waals surface area contributed by atoms with Gasteiger partial charge in [0.25, 0.3) is 11.8 Å². The summed E-state index contributed by atoms with van der Waals surface area (Å²) in [7, 11) is 0. The van der Waals surface area contributed by atoms with E-state index in [1.165, 1.54) is 11.0 Å². The molecule has 4 nitrogen and oxygen atoms in total. The summed E-state index contributed by atoms with van der Waals surface area (Å²) in [4.78, 5) is 32.7. The summed E-state index contributed by atoms with van der Waals surface area (Å²) in [5, 5.41) is 0.402. The number of benzene rings is 3. The highest BCUT2D eigenvalue weighted by Gasteiger charge is 2.36. The number of amides is 2. The van der Waals surface area contributed by atoms with E-state index in [0.29, 0.717) is 33.3 Å². The van der Waals surface area contributed by atoms with Gasteiger partial charge in [-0.3, -0.25) is 19.5 Å². The SMILES string of the molecule is CSc1ccccc1-c1cc2c(F)cccc2nc1CN1C(=O)c2ccccc2C1=O. The van der Waals surface area contributed by atoms with Crippen LogP contribution in [0.2, 0.25) is 0 Å². The van der Waals surface area contributed by atoms with Gasteiger partial charge in [0, 0.05) is 15.8 Å². The summed E-state index contributed by atoms with van der Waals surface area (Å²) in [6.45, 7) is 0.0108. The minimum atomic E-state index is -0.361. The van der Waals surface area contributed by atoms with Crippen molar-refractivity contribution in [2.75, 3.05) is 6.26 Å². The number of thioether (sulfide) groups is 1. The van der Waals surface area contributed by atoms with E-state index in [9.17, 15) is 14.0 Å². The number of hydrogen-bond donors (Lipinski definition) is 0. The van der Waals surface area contributed by atoms with Crippen LogP contribution < -0.4 is 0 Å². The van der Waals surface area contributed by atoms with Crippen LogP contribution in [0.4, 0.5) is 4.39 Å². The lowest BCUT2D eigenvalue weighted by Crippen LogP contribution is -2.29. The number of nitrogens with zero attached hydrogens (tertiary/aromatic N) is 2. The number of fused-ring (bicyclic) bond motifs is 2. The lowest BCUT2D eigenvalue weighted by atomic mass is 10.0. The van der Waals surface area contributed by atoms with Crippen molar-refractivity contribution in [1.82, 2.24) is 9.88 Å². The average molecular weight is 428 g/mol. The van der Waals surface area contributed by atoms with Gasteiger partial charge < -0.3 is 0 Å². The molecule has 3 aromatic carbocycles. The molecule has 31 heavy (non-hydrogen) atoms. The zero-order valence-electron chi connectivity index (χ0n) is 16.6. The number of halogens is 1. The van der Waals surface area contributed by atoms with Crippen LogP contribution in [-0.2, 0) is 6.54 Å². The maximum atomic E-state index is 14.5. The van der Waals surface area contributed by atoms with Gasteiger partial charge in [0.15, 0.2) is 0 Å². The predicted molar refractivity (Wildman–Crippen MR) is 120 cm³/mol. The van der Waals surface area contributed by atoms with Crippen LogP contribution in [0.1, 0.15) is 26.4 Å². The monoisotopic (exact) mass is 428 g/mol. The minimum Gasteiger partial charge on any atom is -0.269 e. The van der Waals surface area contributed by atoms with E-state index < -0.39 is 0 Å². The summed E-state index contributed by atoms with van der Waals surface area (Å²) in [6.07, 6.45) is 1.97. The second-order valence-corrected chi connectivity index (χ2v) is 8.08. The second-order valence-electron chi connectivity index (χ2n) is 7.23. The largest absolute Gasteiger partial charge is 0.269 e. The molecule has 1 aromatic heterocycles. The fourth-order valence-electron chi connectivity index (χ4n) is 3.95. The first-order valence-corrected chi connectivity index (χ1v) is 11.0. The quantitative estimate of drug-likeness (QED) is 0.315. The smallest absolute Gasteiger partial charge is 0.261 e. The summed E-state index contributed by atoms with van der Waals surface area (Å²) >= 11 is 1.57. The van der Waals surface area contributed by atoms with E-state index in [1.54, 1.807) is 54.2 Å². The second kappa shape index (κ2) is 7.63. The number of pyridine rings is 1. The Hall–Kier alpha value is -3.51. The molecule has 0 atom stereocenters. The Morgan fingerprint density at radius 1 is 0.839 bits per heavy atom. The van der Waals surface area contributed by atoms with Crippen molar-refractivity contribution in [3.05, 3.63) is 95.4 Å². The van der Waals surface area contributed by atoms with Crippen LogP contribution in [-0.4, -0.2) is 28.0 Å². The van der Waals surface area contributed by atoms with E-state index in [0.717, 1.165) is 10.5 Å². The van der Waals surface area contributed by atoms with Crippen molar-refractivity contribution in [1.29, 1.82) is 0 Å². The molecule has 4 aromatic rings. The Balaban J connectivity index is 1.68. The molecule has 0 saturated heterocycles. The van der Waals surface area contributed by atoms with Crippen LogP contribution in [0.25, 0.3) is 22.0 Å². The maximum absolute atomic E-state index is 14.5. The molecule has 1 aliphatic rings. The highest BCUT2D eigenvalue weighted by molar-refractivity contribution is 7.98. The van der Waals surface area contributed by atoms with Crippen LogP contribution in [0.3, 0.4) is 0 Å². The van der Waals surface area contributed by atoms with Crippen molar-refractivity contribution < 1.29 is 14.0 Å². The molecule has 0 N–H and O–H groups in total. The topological polar surface area (TPSA) is 50.3 Å². The van der Waals surface area contributed by atoms with Gasteiger partial charge in [-0.1, -0.05) is 36.4 Å². The molecule has 0 aliphatic carbocycles. The number of imide groups is 1. The summed E-state index contributed by atoms with van der Waals surface area (Å²) < 4.78 is 14.5. The van der Waals surface area contributed by atoms with Crippen molar-refractivity contribution in [3.63, 3.8) is 0 Å². The number of hydrogen-bond acceptors (Lipinski definition) is 4. The summed E-state index contributed by atoms with van der Waals surface area (Å²) in [5.41, 5.74) is 3.42. The third-order valence-corrected chi connectivity index (χ3v) is 6.26. The highest BCUT2D eigenvalue weighted by atomic mass is 32.2. The minimum absolute atomic E-state index is 0.0108. The van der Waals surface area contributed by atoms with Gasteiger partial charge in [0.1, 0.15) is 5.82 Å². The van der Waals surface area contributed by atoms with E-state index >= 15 is 0 Å². The van der Waals surface area contributed by atoms with Gasteiger partial charge in [0.2, 0.25) is 0 Å². The Kier molecular flexibility index (Phi) is 4.79. The first-order valence-electron chi connectivity index (χ1n) is 9.75. The molecule has 0 unspecified atom stereocenters.